The van der Waals surface area contributed by atoms with E-state index in [0.29, 0.717) is 0 Å². The molecule has 0 atom stereocenters. The zero-order valence-corrected chi connectivity index (χ0v) is 15.8. The maximum atomic E-state index is 5.35. The van der Waals surface area contributed by atoms with E-state index in [9.17, 15) is 0 Å². The second kappa shape index (κ2) is 8.89. The smallest absolute Gasteiger partial charge is 0.160 e. The van der Waals surface area contributed by atoms with Crippen molar-refractivity contribution in [3.05, 3.63) is 66.5 Å². The van der Waals surface area contributed by atoms with E-state index >= 15 is 0 Å². The molecular weight excluding hydrogens is 340 g/mol. The first-order chi connectivity index (χ1) is 13.2. The van der Waals surface area contributed by atoms with E-state index in [1.54, 1.807) is 20.5 Å². The fourth-order valence-corrected chi connectivity index (χ4v) is 2.78. The van der Waals surface area contributed by atoms with Gasteiger partial charge in [0, 0.05) is 25.3 Å². The SMILES string of the molecule is COc1ccc(CCNc2cc(N(C)c3ccccc3)ncn2)cc1OC. The van der Waals surface area contributed by atoms with Crippen LogP contribution in [0.15, 0.2) is 60.9 Å². The van der Waals surface area contributed by atoms with Crippen molar-refractivity contribution in [3.8, 4) is 11.5 Å². The molecule has 0 unspecified atom stereocenters. The van der Waals surface area contributed by atoms with Crippen molar-refractivity contribution < 1.29 is 9.47 Å². The lowest BCUT2D eigenvalue weighted by Gasteiger charge is -2.18. The molecule has 2 aromatic carbocycles. The highest BCUT2D eigenvalue weighted by molar-refractivity contribution is 5.61. The maximum Gasteiger partial charge on any atom is 0.160 e. The zero-order valence-electron chi connectivity index (χ0n) is 15.8. The van der Waals surface area contributed by atoms with Gasteiger partial charge in [0.2, 0.25) is 0 Å². The van der Waals surface area contributed by atoms with Crippen molar-refractivity contribution in [2.24, 2.45) is 0 Å². The van der Waals surface area contributed by atoms with Crippen molar-refractivity contribution in [3.63, 3.8) is 0 Å². The number of anilines is 3. The van der Waals surface area contributed by atoms with Crippen LogP contribution >= 0.6 is 0 Å². The number of hydrogen-bond acceptors (Lipinski definition) is 6. The number of aromatic nitrogens is 2. The summed E-state index contributed by atoms with van der Waals surface area (Å²) in [5.74, 6) is 3.11. The Balaban J connectivity index is 1.62. The lowest BCUT2D eigenvalue weighted by molar-refractivity contribution is 0.354. The second-order valence-electron chi connectivity index (χ2n) is 6.02. The minimum atomic E-state index is 0.735. The highest BCUT2D eigenvalue weighted by Gasteiger charge is 2.07. The van der Waals surface area contributed by atoms with Crippen LogP contribution in [0.1, 0.15) is 5.56 Å². The molecule has 0 saturated heterocycles. The number of hydrogen-bond donors (Lipinski definition) is 1. The van der Waals surface area contributed by atoms with Crippen molar-refractivity contribution in [1.82, 2.24) is 9.97 Å². The molecule has 0 saturated carbocycles. The Morgan fingerprint density at radius 2 is 1.70 bits per heavy atom. The summed E-state index contributed by atoms with van der Waals surface area (Å²) < 4.78 is 10.6. The average Bonchev–Trinajstić information content (AvgIpc) is 2.74. The molecule has 0 aliphatic carbocycles. The Morgan fingerprint density at radius 1 is 0.926 bits per heavy atom. The number of rotatable bonds is 8. The van der Waals surface area contributed by atoms with E-state index in [4.69, 9.17) is 9.47 Å². The first-order valence-electron chi connectivity index (χ1n) is 8.77. The first-order valence-corrected chi connectivity index (χ1v) is 8.77. The van der Waals surface area contributed by atoms with Gasteiger partial charge in [-0.05, 0) is 36.2 Å². The van der Waals surface area contributed by atoms with Crippen molar-refractivity contribution in [1.29, 1.82) is 0 Å². The number of benzene rings is 2. The number of nitrogens with zero attached hydrogens (tertiary/aromatic N) is 3. The van der Waals surface area contributed by atoms with Crippen LogP contribution in [0.3, 0.4) is 0 Å². The lowest BCUT2D eigenvalue weighted by atomic mass is 10.1. The highest BCUT2D eigenvalue weighted by Crippen LogP contribution is 2.27. The molecule has 6 nitrogen and oxygen atoms in total. The van der Waals surface area contributed by atoms with Gasteiger partial charge in [0.05, 0.1) is 14.2 Å². The third-order valence-corrected chi connectivity index (χ3v) is 4.31. The second-order valence-corrected chi connectivity index (χ2v) is 6.02. The number of methoxy groups -OCH3 is 2. The topological polar surface area (TPSA) is 59.5 Å². The Bertz CT molecular complexity index is 871. The van der Waals surface area contributed by atoms with Crippen molar-refractivity contribution >= 4 is 17.3 Å². The van der Waals surface area contributed by atoms with Gasteiger partial charge >= 0.3 is 0 Å². The minimum absolute atomic E-state index is 0.735. The molecule has 6 heteroatoms. The van der Waals surface area contributed by atoms with Crippen LogP contribution < -0.4 is 19.7 Å². The molecule has 1 aromatic heterocycles. The molecule has 0 amide bonds. The van der Waals surface area contributed by atoms with Gasteiger partial charge in [0.15, 0.2) is 11.5 Å². The fourth-order valence-electron chi connectivity index (χ4n) is 2.78. The molecule has 27 heavy (non-hydrogen) atoms. The largest absolute Gasteiger partial charge is 0.493 e. The summed E-state index contributed by atoms with van der Waals surface area (Å²) in [5.41, 5.74) is 2.24. The Morgan fingerprint density at radius 3 is 2.44 bits per heavy atom. The molecule has 0 aliphatic rings. The van der Waals surface area contributed by atoms with Crippen molar-refractivity contribution in [2.45, 2.75) is 6.42 Å². The number of nitrogens with one attached hydrogen (secondary N) is 1. The fraction of sp³-hybridized carbons (Fsp3) is 0.238. The molecule has 0 radical (unpaired) electrons. The zero-order chi connectivity index (χ0) is 19.1. The van der Waals surface area contributed by atoms with Crippen LogP contribution in [0.5, 0.6) is 11.5 Å². The third kappa shape index (κ3) is 4.67. The van der Waals surface area contributed by atoms with Crippen LogP contribution in [0.25, 0.3) is 0 Å². The predicted molar refractivity (Wildman–Crippen MR) is 108 cm³/mol. The lowest BCUT2D eigenvalue weighted by Crippen LogP contribution is -2.13. The van der Waals surface area contributed by atoms with Crippen LogP contribution in [0.2, 0.25) is 0 Å². The Labute approximate surface area is 159 Å². The third-order valence-electron chi connectivity index (χ3n) is 4.31. The Kier molecular flexibility index (Phi) is 6.10. The molecule has 1 heterocycles. The van der Waals surface area contributed by atoms with E-state index < -0.39 is 0 Å². The van der Waals surface area contributed by atoms with Crippen molar-refractivity contribution in [2.75, 3.05) is 38.0 Å². The maximum absolute atomic E-state index is 5.35. The highest BCUT2D eigenvalue weighted by atomic mass is 16.5. The summed E-state index contributed by atoms with van der Waals surface area (Å²) in [5, 5.41) is 3.36. The monoisotopic (exact) mass is 364 g/mol. The number of ether oxygens (including phenoxy) is 2. The van der Waals surface area contributed by atoms with Gasteiger partial charge in [0.25, 0.3) is 0 Å². The van der Waals surface area contributed by atoms with Gasteiger partial charge in [-0.2, -0.15) is 0 Å². The van der Waals surface area contributed by atoms with E-state index in [0.717, 1.165) is 47.4 Å². The predicted octanol–water partition coefficient (Wildman–Crippen LogP) is 3.92. The van der Waals surface area contributed by atoms with E-state index in [-0.39, 0.29) is 0 Å². The van der Waals surface area contributed by atoms with Gasteiger partial charge < -0.3 is 19.7 Å². The van der Waals surface area contributed by atoms with Gasteiger partial charge in [0.1, 0.15) is 18.0 Å². The molecule has 0 bridgehead atoms. The van der Waals surface area contributed by atoms with Crippen LogP contribution in [0.4, 0.5) is 17.3 Å². The standard InChI is InChI=1S/C21H24N4O2/c1-25(17-7-5-4-6-8-17)21-14-20(23-15-24-21)22-12-11-16-9-10-18(26-2)19(13-16)27-3/h4-10,13-15H,11-12H2,1-3H3,(H,22,23,24). The van der Waals surface area contributed by atoms with E-state index in [1.165, 1.54) is 0 Å². The molecule has 3 rings (SSSR count). The van der Waals surface area contributed by atoms with E-state index in [2.05, 4.69) is 15.3 Å². The first kappa shape index (κ1) is 18.5. The summed E-state index contributed by atoms with van der Waals surface area (Å²) in [6.07, 6.45) is 2.42. The van der Waals surface area contributed by atoms with Gasteiger partial charge in [-0.1, -0.05) is 24.3 Å². The molecule has 0 aliphatic heterocycles. The summed E-state index contributed by atoms with van der Waals surface area (Å²) in [7, 11) is 5.27. The molecular formula is C21H24N4O2. The van der Waals surface area contributed by atoms with Crippen LogP contribution in [0, 0.1) is 0 Å². The van der Waals surface area contributed by atoms with Gasteiger partial charge in [-0.25, -0.2) is 9.97 Å². The molecule has 0 spiro atoms. The summed E-state index contributed by atoms with van der Waals surface area (Å²) >= 11 is 0. The van der Waals surface area contributed by atoms with Crippen LogP contribution in [-0.4, -0.2) is 37.8 Å². The van der Waals surface area contributed by atoms with Gasteiger partial charge in [-0.15, -0.1) is 0 Å². The summed E-state index contributed by atoms with van der Waals surface area (Å²) in [6.45, 7) is 0.751. The molecule has 3 aromatic rings. The van der Waals surface area contributed by atoms with E-state index in [1.807, 2.05) is 66.5 Å². The Hall–Kier alpha value is -3.28. The van der Waals surface area contributed by atoms with Crippen LogP contribution in [-0.2, 0) is 6.42 Å². The molecule has 140 valence electrons. The summed E-state index contributed by atoms with van der Waals surface area (Å²) in [4.78, 5) is 10.7. The normalized spacial score (nSPS) is 10.3. The minimum Gasteiger partial charge on any atom is -0.493 e. The quantitative estimate of drug-likeness (QED) is 0.654. The van der Waals surface area contributed by atoms with Gasteiger partial charge in [-0.3, -0.25) is 0 Å². The molecule has 1 N–H and O–H groups in total. The number of para-hydroxylation sites is 1. The average molecular weight is 364 g/mol. The summed E-state index contributed by atoms with van der Waals surface area (Å²) in [6, 6.07) is 18.0. The molecule has 0 fully saturated rings.